The standard InChI is InChI=1S/C30H26N4O4/c35-27(29(37,23-13-5-1-6-14-23)24-15-7-2-8-16-24)33-31-21-22-32-34-28(36)30(38,25-17-9-3-10-18-25)26-19-11-4-12-20-26/h1-22,37-38H,(H,33,35)(H,34,36)/b31-21+,32-22+. The highest BCUT2D eigenvalue weighted by molar-refractivity contribution is 6.16. The van der Waals surface area contributed by atoms with Gasteiger partial charge in [0.1, 0.15) is 0 Å². The number of nitrogens with one attached hydrogen (secondary N) is 2. The summed E-state index contributed by atoms with van der Waals surface area (Å²) < 4.78 is 0. The van der Waals surface area contributed by atoms with Crippen molar-refractivity contribution in [3.63, 3.8) is 0 Å². The van der Waals surface area contributed by atoms with E-state index >= 15 is 0 Å². The second-order valence-corrected chi connectivity index (χ2v) is 8.32. The molecule has 0 aliphatic carbocycles. The SMILES string of the molecule is O=C(N/N=C/C=N/NC(=O)C(O)(c1ccccc1)c1ccccc1)C(O)(c1ccccc1)c1ccccc1. The molecule has 4 N–H and O–H groups in total. The van der Waals surface area contributed by atoms with E-state index in [2.05, 4.69) is 21.1 Å². The van der Waals surface area contributed by atoms with Gasteiger partial charge in [-0.05, 0) is 22.3 Å². The molecule has 38 heavy (non-hydrogen) atoms. The molecule has 0 aliphatic heterocycles. The van der Waals surface area contributed by atoms with Crippen LogP contribution in [0.25, 0.3) is 0 Å². The lowest BCUT2D eigenvalue weighted by Gasteiger charge is -2.27. The summed E-state index contributed by atoms with van der Waals surface area (Å²) in [6.07, 6.45) is 2.28. The second kappa shape index (κ2) is 11.9. The minimum atomic E-state index is -1.98. The van der Waals surface area contributed by atoms with Gasteiger partial charge in [0, 0.05) is 0 Å². The fourth-order valence-corrected chi connectivity index (χ4v) is 4.00. The molecule has 190 valence electrons. The molecule has 4 rings (SSSR count). The molecule has 4 aromatic rings. The Hall–Kier alpha value is -4.92. The Bertz CT molecular complexity index is 1220. The molecule has 0 aliphatic rings. The summed E-state index contributed by atoms with van der Waals surface area (Å²) in [4.78, 5) is 26.1. The zero-order valence-corrected chi connectivity index (χ0v) is 20.3. The molecule has 0 saturated carbocycles. The van der Waals surface area contributed by atoms with Crippen molar-refractivity contribution in [3.05, 3.63) is 144 Å². The van der Waals surface area contributed by atoms with Gasteiger partial charge in [0.2, 0.25) is 0 Å². The van der Waals surface area contributed by atoms with Crippen LogP contribution in [0, 0.1) is 0 Å². The minimum Gasteiger partial charge on any atom is -0.372 e. The predicted molar refractivity (Wildman–Crippen MR) is 145 cm³/mol. The van der Waals surface area contributed by atoms with Crippen LogP contribution in [0.4, 0.5) is 0 Å². The molecule has 8 nitrogen and oxygen atoms in total. The number of nitrogens with zero attached hydrogens (tertiary/aromatic N) is 2. The first-order chi connectivity index (χ1) is 18.5. The third-order valence-corrected chi connectivity index (χ3v) is 5.97. The van der Waals surface area contributed by atoms with Gasteiger partial charge in [-0.2, -0.15) is 10.2 Å². The summed E-state index contributed by atoms with van der Waals surface area (Å²) in [5.41, 5.74) is 2.18. The average Bonchev–Trinajstić information content (AvgIpc) is 2.99. The number of aliphatic hydroxyl groups is 2. The number of hydrogen-bond donors (Lipinski definition) is 4. The van der Waals surface area contributed by atoms with E-state index in [4.69, 9.17) is 0 Å². The van der Waals surface area contributed by atoms with Crippen molar-refractivity contribution >= 4 is 24.2 Å². The number of hydrazone groups is 2. The first kappa shape index (κ1) is 26.2. The van der Waals surface area contributed by atoms with Crippen LogP contribution in [0.15, 0.2) is 132 Å². The number of benzene rings is 4. The number of hydrogen-bond acceptors (Lipinski definition) is 6. The summed E-state index contributed by atoms with van der Waals surface area (Å²) >= 11 is 0. The molecule has 0 unspecified atom stereocenters. The van der Waals surface area contributed by atoms with Gasteiger partial charge in [-0.1, -0.05) is 121 Å². The molecule has 8 heteroatoms. The van der Waals surface area contributed by atoms with Crippen molar-refractivity contribution in [2.45, 2.75) is 11.2 Å². The maximum Gasteiger partial charge on any atom is 0.281 e. The van der Waals surface area contributed by atoms with E-state index in [-0.39, 0.29) is 0 Å². The Kier molecular flexibility index (Phi) is 8.17. The van der Waals surface area contributed by atoms with E-state index in [0.717, 1.165) is 12.4 Å². The highest BCUT2D eigenvalue weighted by Gasteiger charge is 2.40. The molecule has 0 atom stereocenters. The molecular weight excluding hydrogens is 480 g/mol. The van der Waals surface area contributed by atoms with E-state index in [1.165, 1.54) is 0 Å². The van der Waals surface area contributed by atoms with Gasteiger partial charge in [0.15, 0.2) is 11.2 Å². The van der Waals surface area contributed by atoms with E-state index in [1.807, 2.05) is 0 Å². The second-order valence-electron chi connectivity index (χ2n) is 8.32. The summed E-state index contributed by atoms with van der Waals surface area (Å²) in [5.74, 6) is -1.54. The fraction of sp³-hybridized carbons (Fsp3) is 0.0667. The number of carbonyl (C=O) groups is 2. The van der Waals surface area contributed by atoms with Crippen LogP contribution < -0.4 is 10.9 Å². The Balaban J connectivity index is 1.46. The molecule has 0 bridgehead atoms. The van der Waals surface area contributed by atoms with Crippen LogP contribution in [0.1, 0.15) is 22.3 Å². The monoisotopic (exact) mass is 506 g/mol. The van der Waals surface area contributed by atoms with Crippen molar-refractivity contribution < 1.29 is 19.8 Å². The summed E-state index contributed by atoms with van der Waals surface area (Å²) in [6, 6.07) is 34.1. The van der Waals surface area contributed by atoms with Crippen LogP contribution in [0.2, 0.25) is 0 Å². The van der Waals surface area contributed by atoms with Gasteiger partial charge in [-0.25, -0.2) is 10.9 Å². The maximum atomic E-state index is 13.0. The van der Waals surface area contributed by atoms with Crippen LogP contribution >= 0.6 is 0 Å². The lowest BCUT2D eigenvalue weighted by atomic mass is 9.85. The van der Waals surface area contributed by atoms with Gasteiger partial charge in [-0.3, -0.25) is 9.59 Å². The van der Waals surface area contributed by atoms with Crippen molar-refractivity contribution in [1.29, 1.82) is 0 Å². The first-order valence-corrected chi connectivity index (χ1v) is 11.8. The van der Waals surface area contributed by atoms with Gasteiger partial charge in [0.25, 0.3) is 11.8 Å². The number of rotatable bonds is 9. The molecule has 0 radical (unpaired) electrons. The van der Waals surface area contributed by atoms with E-state index in [1.54, 1.807) is 121 Å². The van der Waals surface area contributed by atoms with E-state index < -0.39 is 23.0 Å². The first-order valence-electron chi connectivity index (χ1n) is 11.8. The lowest BCUT2D eigenvalue weighted by Crippen LogP contribution is -2.44. The molecule has 2 amide bonds. The zero-order valence-electron chi connectivity index (χ0n) is 20.3. The smallest absolute Gasteiger partial charge is 0.281 e. The minimum absolute atomic E-state index is 0.376. The molecule has 0 fully saturated rings. The zero-order chi connectivity index (χ0) is 26.8. The van der Waals surface area contributed by atoms with Gasteiger partial charge < -0.3 is 10.2 Å². The molecule has 0 heterocycles. The maximum absolute atomic E-state index is 13.0. The predicted octanol–water partition coefficient (Wildman–Crippen LogP) is 3.06. The molecule has 0 saturated heterocycles. The van der Waals surface area contributed by atoms with Crippen molar-refractivity contribution in [2.24, 2.45) is 10.2 Å². The molecule has 4 aromatic carbocycles. The Morgan fingerprint density at radius 1 is 0.500 bits per heavy atom. The van der Waals surface area contributed by atoms with Crippen LogP contribution in [0.5, 0.6) is 0 Å². The third-order valence-electron chi connectivity index (χ3n) is 5.97. The Morgan fingerprint density at radius 2 is 0.737 bits per heavy atom. The van der Waals surface area contributed by atoms with E-state index in [0.29, 0.717) is 22.3 Å². The van der Waals surface area contributed by atoms with E-state index in [9.17, 15) is 19.8 Å². The highest BCUT2D eigenvalue weighted by Crippen LogP contribution is 2.31. The number of carbonyl (C=O) groups excluding carboxylic acids is 2. The third kappa shape index (κ3) is 5.41. The van der Waals surface area contributed by atoms with Crippen LogP contribution in [-0.4, -0.2) is 34.5 Å². The summed E-state index contributed by atoms with van der Waals surface area (Å²) in [6.45, 7) is 0. The fourth-order valence-electron chi connectivity index (χ4n) is 4.00. The summed E-state index contributed by atoms with van der Waals surface area (Å²) in [7, 11) is 0. The summed E-state index contributed by atoms with van der Waals surface area (Å²) in [5, 5.41) is 30.4. The Labute approximate surface area is 220 Å². The topological polar surface area (TPSA) is 123 Å². The lowest BCUT2D eigenvalue weighted by molar-refractivity contribution is -0.137. The van der Waals surface area contributed by atoms with Crippen molar-refractivity contribution in [1.82, 2.24) is 10.9 Å². The highest BCUT2D eigenvalue weighted by atomic mass is 16.3. The van der Waals surface area contributed by atoms with Crippen LogP contribution in [-0.2, 0) is 20.8 Å². The van der Waals surface area contributed by atoms with Crippen molar-refractivity contribution in [3.8, 4) is 0 Å². The molecule has 0 aromatic heterocycles. The molecule has 0 spiro atoms. The van der Waals surface area contributed by atoms with Gasteiger partial charge in [-0.15, -0.1) is 0 Å². The molecular formula is C30H26N4O4. The Morgan fingerprint density at radius 3 is 0.974 bits per heavy atom. The van der Waals surface area contributed by atoms with Gasteiger partial charge >= 0.3 is 0 Å². The largest absolute Gasteiger partial charge is 0.372 e. The van der Waals surface area contributed by atoms with Crippen molar-refractivity contribution in [2.75, 3.05) is 0 Å². The normalized spacial score (nSPS) is 11.9. The van der Waals surface area contributed by atoms with Crippen LogP contribution in [0.3, 0.4) is 0 Å². The average molecular weight is 507 g/mol. The number of amides is 2. The quantitative estimate of drug-likeness (QED) is 0.206. The van der Waals surface area contributed by atoms with Gasteiger partial charge in [0.05, 0.1) is 12.4 Å².